The van der Waals surface area contributed by atoms with Crippen LogP contribution < -0.4 is 16.7 Å². The molecule has 0 bridgehead atoms. The molecule has 9 aromatic carbocycles. The number of hydrogen-bond donors (Lipinski definition) is 0. The van der Waals surface area contributed by atoms with Crippen LogP contribution in [0.1, 0.15) is 200 Å². The van der Waals surface area contributed by atoms with Crippen molar-refractivity contribution < 1.29 is 116 Å². The minimum atomic E-state index is -5.13. The molecule has 33 heteroatoms. The van der Waals surface area contributed by atoms with Crippen molar-refractivity contribution in [3.05, 3.63) is 350 Å². The van der Waals surface area contributed by atoms with E-state index in [1.54, 1.807) is 62.4 Å². The Hall–Kier alpha value is -11.9. The van der Waals surface area contributed by atoms with Crippen LogP contribution in [0.15, 0.2) is 242 Å². The maximum Gasteiger partial charge on any atom is 0.416 e. The number of likely N-dealkylation sites (N-methyl/N-ethyl adjacent to an activating group) is 3. The van der Waals surface area contributed by atoms with E-state index in [1.807, 2.05) is 42.4 Å². The lowest BCUT2D eigenvalue weighted by Crippen LogP contribution is -2.40. The summed E-state index contributed by atoms with van der Waals surface area (Å²) in [5.74, 6) is -11.4. The lowest BCUT2D eigenvalue weighted by molar-refractivity contribution is -0.138. The maximum absolute atomic E-state index is 14.8. The zero-order chi connectivity index (χ0) is 134. The Kier molecular flexibility index (Phi) is 24.2. The summed E-state index contributed by atoms with van der Waals surface area (Å²) in [5.41, 5.74) is -20.3. The van der Waals surface area contributed by atoms with Gasteiger partial charge in [0.1, 0.15) is 36.9 Å². The number of benzene rings is 9. The van der Waals surface area contributed by atoms with E-state index < -0.39 is 329 Å². The monoisotopic (exact) mass is 2060 g/mol. The van der Waals surface area contributed by atoms with Crippen LogP contribution >= 0.6 is 35.3 Å². The fourth-order valence-corrected chi connectivity index (χ4v) is 17.1. The lowest BCUT2D eigenvalue weighted by atomic mass is 9.98. The van der Waals surface area contributed by atoms with Gasteiger partial charge in [-0.05, 0) is 242 Å². The Labute approximate surface area is 889 Å². The summed E-state index contributed by atoms with van der Waals surface area (Å²) in [6.45, 7) is 5.07. The average Bonchev–Trinajstić information content (AvgIpc) is 1.51. The summed E-state index contributed by atoms with van der Waals surface area (Å²) in [6, 6.07) is 1.32. The molecule has 0 N–H and O–H groups in total. The third kappa shape index (κ3) is 29.5. The number of fused-ring (bicyclic) bond motifs is 3. The van der Waals surface area contributed by atoms with Crippen molar-refractivity contribution in [2.45, 2.75) is 197 Å². The second-order valence-electron chi connectivity index (χ2n) is 32.2. The Balaban J connectivity index is 0.000000219. The van der Waals surface area contributed by atoms with Crippen molar-refractivity contribution in [3.8, 4) is 33.4 Å². The molecule has 0 saturated carbocycles. The molecule has 0 spiro atoms. The highest BCUT2D eigenvalue weighted by atomic mass is 32.2. The summed E-state index contributed by atoms with van der Waals surface area (Å²) in [7, 11) is 0. The molecule has 756 valence electrons. The van der Waals surface area contributed by atoms with E-state index in [9.17, 15) is 89.7 Å². The van der Waals surface area contributed by atoms with Crippen molar-refractivity contribution in [2.24, 2.45) is 5.89 Å². The van der Waals surface area contributed by atoms with Gasteiger partial charge >= 0.3 is 18.5 Å². The van der Waals surface area contributed by atoms with Gasteiger partial charge in [-0.1, -0.05) is 229 Å². The highest BCUT2D eigenvalue weighted by Gasteiger charge is 2.36. The van der Waals surface area contributed by atoms with Crippen LogP contribution in [0, 0.1) is 30.3 Å². The highest BCUT2D eigenvalue weighted by Crippen LogP contribution is 2.39. The second kappa shape index (κ2) is 50.1. The van der Waals surface area contributed by atoms with E-state index in [4.69, 9.17) is 41.1 Å². The van der Waals surface area contributed by atoms with E-state index in [0.717, 1.165) is 52.5 Å². The first-order valence-corrected chi connectivity index (χ1v) is 47.4. The second-order valence-corrected chi connectivity index (χ2v) is 34.5. The molecule has 1 atom stereocenters. The molecule has 3 amide bonds. The van der Waals surface area contributed by atoms with Crippen LogP contribution in [-0.2, 0) is 128 Å². The van der Waals surface area contributed by atoms with Gasteiger partial charge < -0.3 is 43.1 Å². The third-order valence-electron chi connectivity index (χ3n) is 22.9. The molecule has 18 nitrogen and oxygen atoms in total. The largest absolute Gasteiger partial charge is 0.416 e. The maximum atomic E-state index is 14.8. The fourth-order valence-electron chi connectivity index (χ4n) is 15.1. The standard InChI is InChI=1S/2C37H40F4N4O2S.C36H38F4N4O2S/c1-4-43(5-2)18-19-44(22-26-6-10-28(11-7-26)29-12-14-30(15-13-29)37(39,40)41)34(46)23-45-33-21-25(3)20-32(33)35(47)42-36(45)48-24-27-8-16-31(38)17-9-27;1-4-43(5-2)19-20-44(22-26-9-13-28(14-10-26)29-15-18-32(25(3)21-29)37(39,40)41)34(46)23-45-33-8-6-7-31(33)35(47)42-36(45)48-24-27-11-16-30(38)17-12-27;1-3-42(4-2)20-21-43(22-25-8-12-27(13-9-25)28-14-16-29(17-15-28)36(38,39)40)33(45)23-44-32-7-5-6-31(32)34(46)41-35(44)47-24-26-10-18-30(37)19-11-26/h6-17,25H,4-5,18-24H2,1-3H3;9-18,21H,4-8,19-20,22-24H2,1-3H3;8-19H,3-7,20-24H2,1-2H3/i8D,9D,16D,17D,20D2,21D2,23D2,24D2,25D;9D,10D,11D,12D,13D,14D,15D,16D,17D,18D,21D,23D2,24D2;10D,11D,18D,19D,23D2,24D2. The molecule has 3 aliphatic carbocycles. The molecule has 3 heterocycles. The molecule has 0 aliphatic heterocycles. The number of aromatic nitrogens is 6. The predicted molar refractivity (Wildman–Crippen MR) is 539 cm³/mol. The Morgan fingerprint density at radius 1 is 0.385 bits per heavy atom. The van der Waals surface area contributed by atoms with Crippen LogP contribution in [0.2, 0.25) is 0 Å². The van der Waals surface area contributed by atoms with E-state index in [2.05, 4.69) is 15.0 Å². The molecular formula is C110H118F12N12O6S3. The normalized spacial score (nSPS) is 18.8. The van der Waals surface area contributed by atoms with Gasteiger partial charge in [0.15, 0.2) is 15.5 Å². The van der Waals surface area contributed by atoms with Crippen molar-refractivity contribution >= 4 is 53.0 Å². The fraction of sp³-hybridized carbons (Fsp3) is 0.373. The number of halogens is 12. The first-order chi connectivity index (χ1) is 82.8. The number of thioether (sulfide) groups is 3. The summed E-state index contributed by atoms with van der Waals surface area (Å²) in [5, 5.41) is -2.45. The Morgan fingerprint density at radius 2 is 0.692 bits per heavy atom. The van der Waals surface area contributed by atoms with Crippen LogP contribution in [-0.4, -0.2) is 154 Å². The van der Waals surface area contributed by atoms with E-state index in [1.165, 1.54) is 29.2 Å². The van der Waals surface area contributed by atoms with Gasteiger partial charge in [-0.15, -0.1) is 0 Å². The number of carbonyl (C=O) groups excluding carboxylic acids is 3. The molecule has 0 saturated heterocycles. The molecule has 12 aromatic rings. The topological polar surface area (TPSA) is 175 Å². The molecule has 0 radical (unpaired) electrons. The van der Waals surface area contributed by atoms with Gasteiger partial charge in [0.05, 0.1) is 51.0 Å². The Bertz CT molecular complexity index is 8530. The van der Waals surface area contributed by atoms with Gasteiger partial charge in [-0.2, -0.15) is 54.5 Å². The van der Waals surface area contributed by atoms with Crippen LogP contribution in [0.5, 0.6) is 0 Å². The van der Waals surface area contributed by atoms with Gasteiger partial charge in [-0.3, -0.25) is 28.8 Å². The molecule has 1 unspecified atom stereocenters. The number of carbonyl (C=O) groups is 3. The summed E-state index contributed by atoms with van der Waals surface area (Å²) in [4.78, 5) is 105. The van der Waals surface area contributed by atoms with Crippen molar-refractivity contribution in [1.82, 2.24) is 58.1 Å². The molecular weight excluding hydrogens is 1910 g/mol. The zero-order valence-corrected chi connectivity index (χ0v) is 80.6. The zero-order valence-electron chi connectivity index (χ0n) is 114. The highest BCUT2D eigenvalue weighted by molar-refractivity contribution is 7.98. The van der Waals surface area contributed by atoms with E-state index in [-0.39, 0.29) is 140 Å². The molecule has 0 fully saturated rings. The molecule has 3 aromatic heterocycles. The van der Waals surface area contributed by atoms with Crippen LogP contribution in [0.3, 0.4) is 0 Å². The van der Waals surface area contributed by atoms with Crippen LogP contribution in [0.25, 0.3) is 33.4 Å². The van der Waals surface area contributed by atoms with Gasteiger partial charge in [0.2, 0.25) is 17.7 Å². The van der Waals surface area contributed by atoms with Crippen LogP contribution in [0.4, 0.5) is 52.7 Å². The van der Waals surface area contributed by atoms with E-state index >= 15 is 0 Å². The summed E-state index contributed by atoms with van der Waals surface area (Å²) < 4.78 is 476. The minimum Gasteiger partial charge on any atom is -0.336 e. The molecule has 15 rings (SSSR count). The van der Waals surface area contributed by atoms with Crippen molar-refractivity contribution in [2.75, 3.05) is 78.5 Å². The number of alkyl halides is 9. The average molecular weight is 2060 g/mol. The van der Waals surface area contributed by atoms with Gasteiger partial charge in [0.25, 0.3) is 16.7 Å². The smallest absolute Gasteiger partial charge is 0.336 e. The quantitative estimate of drug-likeness (QED) is 0.0202. The predicted octanol–water partition coefficient (Wildman–Crippen LogP) is 22.2. The van der Waals surface area contributed by atoms with Crippen molar-refractivity contribution in [1.29, 1.82) is 0 Å². The molecule has 3 aliphatic rings. The summed E-state index contributed by atoms with van der Waals surface area (Å²) >= 11 is -0.132. The summed E-state index contributed by atoms with van der Waals surface area (Å²) in [6.07, 6.45) is -19.4. The SMILES string of the molecule is [2H]c1c([2H])c(C([2H])([2H])Sc2nc(=O)c3c(n2C([2H])([2H])C(=O)N(CCN(CC)CC)Cc2c([2H])c([2H])c(-c4c([2H])c([2H])c(C(F)(F)F)c(C)c4[2H])c([2H])c2[2H])CCC3)c([2H])c([2H])c1F.[2H]c1c([2H])c(C([2H])([2H])Sc2nc(=O)c3c(n2C([2H])([2H])C(=O)N(CCN(CC)CC)Cc2ccc(-c4ccc(C(F)(F)F)cc4)cc2)C([2H])([2H])C([2H])(C)C3([2H])[2H])c([2H])c([2H])c1F.[2H]c1c([2H])c(C([2H])([2H])Sc2nc(=O)c3c(n2C([2H])([2H])C(=O)N(CCN(CC)CC)Cc2ccc(-c4ccc(C(F)(F)F)cc4)cc2)CCC3)c([2H])c([2H])c1F. The number of nitrogens with zero attached hydrogens (tertiary/aromatic N) is 12. The minimum absolute atomic E-state index is 0.00403. The first-order valence-electron chi connectivity index (χ1n) is 63.0. The first kappa shape index (κ1) is 69.2. The molecule has 143 heavy (non-hydrogen) atoms. The van der Waals surface area contributed by atoms with Gasteiger partial charge in [-0.25, -0.2) is 13.2 Å². The number of amides is 3. The lowest BCUT2D eigenvalue weighted by Gasteiger charge is -2.28. The number of rotatable bonds is 39. The third-order valence-corrected chi connectivity index (χ3v) is 25.2. The number of hydrogen-bond acceptors (Lipinski definition) is 15. The van der Waals surface area contributed by atoms with Gasteiger partial charge in [0, 0.05) is 125 Å². The van der Waals surface area contributed by atoms with Crippen molar-refractivity contribution in [3.63, 3.8) is 0 Å². The van der Waals surface area contributed by atoms with E-state index in [0.29, 0.717) is 90.2 Å². The Morgan fingerprint density at radius 3 is 1.02 bits per heavy atom.